The zero-order valence-corrected chi connectivity index (χ0v) is 12.2. The molecule has 0 aliphatic heterocycles. The molecule has 0 bridgehead atoms. The predicted molar refractivity (Wildman–Crippen MR) is 73.8 cm³/mol. The van der Waals surface area contributed by atoms with Crippen molar-refractivity contribution >= 4 is 37.9 Å². The maximum Gasteiger partial charge on any atom is 0.619 e. The molecule has 0 heterocycles. The Bertz CT molecular complexity index is 313. The molecule has 2 rings (SSSR count). The molecule has 0 fully saturated rings. The Morgan fingerprint density at radius 2 is 1.12 bits per heavy atom. The molecule has 0 nitrogen and oxygen atoms in total. The van der Waals surface area contributed by atoms with Crippen molar-refractivity contribution in [3.05, 3.63) is 72.3 Å². The summed E-state index contributed by atoms with van der Waals surface area (Å²) in [7, 11) is 0. The van der Waals surface area contributed by atoms with E-state index >= 15 is 0 Å². The Morgan fingerprint density at radius 3 is 1.50 bits per heavy atom. The summed E-state index contributed by atoms with van der Waals surface area (Å²) in [6, 6.07) is 21.8. The number of hydrogen-bond acceptors (Lipinski definition) is 0. The molecular formula is C13H14BrFMg. The van der Waals surface area contributed by atoms with E-state index in [2.05, 4.69) is 0 Å². The maximum atomic E-state index is 11.8. The molecule has 0 N–H and O–H groups in total. The van der Waals surface area contributed by atoms with Crippen molar-refractivity contribution < 1.29 is 2.96 Å². The molecule has 2 aromatic rings. The third-order valence-electron chi connectivity index (χ3n) is 1.89. The second-order valence-electron chi connectivity index (χ2n) is 3.08. The molecule has 0 radical (unpaired) electrons. The molecule has 0 atom stereocenters. The molecule has 0 spiro atoms. The van der Waals surface area contributed by atoms with Gasteiger partial charge < -0.3 is 2.96 Å². The average Bonchev–Trinajstić information content (AvgIpc) is 2.34. The van der Waals surface area contributed by atoms with Gasteiger partial charge in [-0.25, -0.2) is 0 Å². The lowest BCUT2D eigenvalue weighted by Crippen LogP contribution is -1.87. The van der Waals surface area contributed by atoms with Crippen LogP contribution in [0.1, 0.15) is 5.56 Å². The van der Waals surface area contributed by atoms with Crippen LogP contribution in [0.3, 0.4) is 0 Å². The molecule has 0 unspecified atom stereocenters. The van der Waals surface area contributed by atoms with Gasteiger partial charge in [0.1, 0.15) is 0 Å². The van der Waals surface area contributed by atoms with E-state index < -0.39 is 20.9 Å². The first-order chi connectivity index (χ1) is 7.43. The molecule has 0 saturated heterocycles. The van der Waals surface area contributed by atoms with Gasteiger partial charge in [0.15, 0.2) is 0 Å². The number of rotatable bonds is 2. The number of hydrogen-bond donors (Lipinski definition) is 0. The van der Waals surface area contributed by atoms with Gasteiger partial charge in [0.05, 0.1) is 0 Å². The van der Waals surface area contributed by atoms with Crippen LogP contribution < -0.4 is 0 Å². The lowest BCUT2D eigenvalue weighted by atomic mass is 10.2. The maximum absolute atomic E-state index is 11.8. The third kappa shape index (κ3) is 7.85. The predicted octanol–water partition coefficient (Wildman–Crippen LogP) is 4.04. The summed E-state index contributed by atoms with van der Waals surface area (Å²) in [5.74, 6) is 0. The quantitative estimate of drug-likeness (QED) is 0.733. The van der Waals surface area contributed by atoms with Crippen LogP contribution in [0.5, 0.6) is 0 Å². The first kappa shape index (κ1) is 15.6. The Hall–Kier alpha value is -0.384. The van der Waals surface area contributed by atoms with Crippen molar-refractivity contribution in [2.75, 3.05) is 0 Å². The van der Waals surface area contributed by atoms with Crippen LogP contribution in [0.2, 0.25) is 0 Å². The first-order valence-electron chi connectivity index (χ1n) is 5.03. The summed E-state index contributed by atoms with van der Waals surface area (Å²) >= 11 is -1.28. The topological polar surface area (TPSA) is 0 Å². The van der Waals surface area contributed by atoms with Gasteiger partial charge in [0, 0.05) is 0 Å². The highest BCUT2D eigenvalue weighted by Crippen LogP contribution is 1.97. The van der Waals surface area contributed by atoms with E-state index in [4.69, 9.17) is 0 Å². The lowest BCUT2D eigenvalue weighted by molar-refractivity contribution is 0.859. The summed E-state index contributed by atoms with van der Waals surface area (Å²) in [5, 5.41) is 0. The van der Waals surface area contributed by atoms with Gasteiger partial charge in [-0.1, -0.05) is 76.8 Å². The Balaban J connectivity index is 0.000000283. The normalized spacial score (nSPS) is 7.81. The molecule has 2 aromatic carbocycles. The van der Waals surface area contributed by atoms with Gasteiger partial charge in [-0.2, -0.15) is 0 Å². The Labute approximate surface area is 117 Å². The van der Waals surface area contributed by atoms with Gasteiger partial charge in [0.25, 0.3) is 0 Å². The van der Waals surface area contributed by atoms with Gasteiger partial charge in [-0.3, -0.25) is 0 Å². The minimum absolute atomic E-state index is 0. The zero-order valence-electron chi connectivity index (χ0n) is 9.05. The highest BCUT2D eigenvalue weighted by Gasteiger charge is 1.94. The van der Waals surface area contributed by atoms with E-state index in [1.807, 2.05) is 66.7 Å². The van der Waals surface area contributed by atoms with Crippen molar-refractivity contribution in [2.24, 2.45) is 0 Å². The third-order valence-corrected chi connectivity index (χ3v) is 2.66. The molecule has 16 heavy (non-hydrogen) atoms. The van der Waals surface area contributed by atoms with Crippen LogP contribution in [0.4, 0.5) is 2.96 Å². The Morgan fingerprint density at radius 1 is 0.750 bits per heavy atom. The fourth-order valence-corrected chi connectivity index (χ4v) is 1.69. The molecule has 0 amide bonds. The summed E-state index contributed by atoms with van der Waals surface area (Å²) in [4.78, 5) is 0. The van der Waals surface area contributed by atoms with Crippen LogP contribution in [0.25, 0.3) is 0 Å². The second kappa shape index (κ2) is 11.1. The molecular weight excluding hydrogens is 279 g/mol. The van der Waals surface area contributed by atoms with Crippen LogP contribution in [-0.4, -0.2) is 20.9 Å². The minimum atomic E-state index is -1.28. The fourth-order valence-electron chi connectivity index (χ4n) is 1.14. The minimum Gasteiger partial charge on any atom is -0.485 e. The first-order valence-corrected chi connectivity index (χ1v) is 6.57. The largest absolute Gasteiger partial charge is 0.619 e. The Kier molecular flexibility index (Phi) is 10.8. The van der Waals surface area contributed by atoms with E-state index in [-0.39, 0.29) is 17.0 Å². The van der Waals surface area contributed by atoms with Crippen LogP contribution in [-0.2, 0) is 4.55 Å². The van der Waals surface area contributed by atoms with Crippen molar-refractivity contribution in [3.8, 4) is 0 Å². The highest BCUT2D eigenvalue weighted by molar-refractivity contribution is 8.93. The molecule has 82 valence electrons. The summed E-state index contributed by atoms with van der Waals surface area (Å²) in [5.41, 5.74) is 1.13. The summed E-state index contributed by atoms with van der Waals surface area (Å²) in [6.07, 6.45) is 0. The van der Waals surface area contributed by atoms with Crippen LogP contribution in [0.15, 0.2) is 66.7 Å². The SMILES string of the molecule is Br.[F][Mg][CH2]c1ccccc1.c1ccccc1. The molecule has 3 heteroatoms. The van der Waals surface area contributed by atoms with Gasteiger partial charge >= 0.3 is 20.9 Å². The second-order valence-corrected chi connectivity index (χ2v) is 3.96. The van der Waals surface area contributed by atoms with E-state index in [9.17, 15) is 2.96 Å². The molecule has 0 aliphatic rings. The molecule has 0 aromatic heterocycles. The van der Waals surface area contributed by atoms with Gasteiger partial charge in [-0.15, -0.1) is 17.0 Å². The van der Waals surface area contributed by atoms with Crippen molar-refractivity contribution in [3.63, 3.8) is 0 Å². The van der Waals surface area contributed by atoms with Gasteiger partial charge in [-0.05, 0) is 0 Å². The molecule has 0 saturated carbocycles. The van der Waals surface area contributed by atoms with E-state index in [1.54, 1.807) is 0 Å². The standard InChI is InChI=1S/C7H7.C6H6.BrH.FH.Mg/c1-7-5-3-2-4-6-7;1-2-4-6-5-3-1;;;/h2-6H,1H2;1-6H;2*1H;/q;;;;+1/p-1. The number of benzene rings is 2. The smallest absolute Gasteiger partial charge is 0.485 e. The van der Waals surface area contributed by atoms with Crippen molar-refractivity contribution in [2.45, 2.75) is 4.55 Å². The van der Waals surface area contributed by atoms with E-state index in [1.165, 1.54) is 0 Å². The van der Waals surface area contributed by atoms with E-state index in [0.29, 0.717) is 4.55 Å². The summed E-state index contributed by atoms with van der Waals surface area (Å²) in [6.45, 7) is 0. The number of halogens is 2. The van der Waals surface area contributed by atoms with Crippen LogP contribution in [0, 0.1) is 0 Å². The zero-order chi connectivity index (χ0) is 10.8. The molecule has 0 aliphatic carbocycles. The van der Waals surface area contributed by atoms with Crippen molar-refractivity contribution in [1.82, 2.24) is 0 Å². The van der Waals surface area contributed by atoms with E-state index in [0.717, 1.165) is 5.56 Å². The summed E-state index contributed by atoms with van der Waals surface area (Å²) < 4.78 is 12.5. The monoisotopic (exact) mass is 292 g/mol. The van der Waals surface area contributed by atoms with Gasteiger partial charge in [0.2, 0.25) is 0 Å². The fraction of sp³-hybridized carbons (Fsp3) is 0.0769. The average molecular weight is 293 g/mol. The van der Waals surface area contributed by atoms with Crippen LogP contribution >= 0.6 is 17.0 Å². The highest BCUT2D eigenvalue weighted by atomic mass is 79.9. The van der Waals surface area contributed by atoms with Crippen molar-refractivity contribution in [1.29, 1.82) is 0 Å². The lowest BCUT2D eigenvalue weighted by Gasteiger charge is -1.91.